The number of unbranched alkanes of at least 4 members (excludes halogenated alkanes) is 1. The Morgan fingerprint density at radius 1 is 0.804 bits per heavy atom. The maximum Gasteiger partial charge on any atom is 0.332 e. The quantitative estimate of drug-likeness (QED) is 0.153. The number of pyridine rings is 1. The van der Waals surface area contributed by atoms with Gasteiger partial charge in [-0.1, -0.05) is 71.9 Å². The van der Waals surface area contributed by atoms with Crippen LogP contribution in [-0.2, 0) is 19.5 Å². The Hall–Kier alpha value is -6.37. The minimum atomic E-state index is -0.667. The first kappa shape index (κ1) is 33.1. The molecule has 0 atom stereocenters. The van der Waals surface area contributed by atoms with E-state index in [0.29, 0.717) is 49.7 Å². The number of H-pyrrole nitrogens is 1. The van der Waals surface area contributed by atoms with Crippen LogP contribution in [0, 0.1) is 6.92 Å². The van der Waals surface area contributed by atoms with Gasteiger partial charge in [0.1, 0.15) is 17.0 Å². The number of rotatable bonds is 14. The molecule has 258 valence electrons. The van der Waals surface area contributed by atoms with Crippen molar-refractivity contribution in [1.29, 1.82) is 0 Å². The molecule has 0 amide bonds. The van der Waals surface area contributed by atoms with Crippen molar-refractivity contribution in [2.24, 2.45) is 0 Å². The van der Waals surface area contributed by atoms with Gasteiger partial charge in [-0.15, -0.1) is 0 Å². The number of para-hydroxylation sites is 1. The summed E-state index contributed by atoms with van der Waals surface area (Å²) in [6, 6.07) is 26.6. The van der Waals surface area contributed by atoms with Gasteiger partial charge in [0.25, 0.3) is 23.0 Å². The molecule has 0 bridgehead atoms. The van der Waals surface area contributed by atoms with Crippen molar-refractivity contribution in [2.75, 3.05) is 13.2 Å². The Kier molecular flexibility index (Phi) is 9.77. The maximum absolute atomic E-state index is 14.0. The van der Waals surface area contributed by atoms with Gasteiger partial charge in [-0.2, -0.15) is 9.97 Å². The van der Waals surface area contributed by atoms with Crippen LogP contribution in [0.5, 0.6) is 11.8 Å². The Bertz CT molecular complexity index is 2480. The van der Waals surface area contributed by atoms with E-state index < -0.39 is 16.8 Å². The molecule has 51 heavy (non-hydrogen) atoms. The predicted molar refractivity (Wildman–Crippen MR) is 191 cm³/mol. The van der Waals surface area contributed by atoms with Crippen molar-refractivity contribution in [3.05, 3.63) is 139 Å². The number of aromatic amines is 1. The minimum Gasteiger partial charge on any atom is -0.493 e. The molecule has 4 aromatic heterocycles. The molecule has 4 heterocycles. The number of aromatic nitrogens is 7. The standard InChI is InChI=1S/C38H35N7O6/c1-25-12-2-5-18-30(25)49-22-11-23-50-37-41-32-33(34(46)42-37)45(24-27-15-10-14-26-13-3-4-16-28(26)27)38(48)44(36(32)47)21-9-7-19-31-40-35(51-43-31)29-17-6-8-20-39-29/h2-6,8,10,12-18,20H,7,9,11,19,21-24H2,1H3,(H,41,42,46). The van der Waals surface area contributed by atoms with Crippen molar-refractivity contribution in [1.82, 2.24) is 34.2 Å². The normalized spacial score (nSPS) is 11.3. The van der Waals surface area contributed by atoms with Crippen molar-refractivity contribution >= 4 is 21.8 Å². The molecular formula is C38H35N7O6. The molecule has 0 aliphatic heterocycles. The summed E-state index contributed by atoms with van der Waals surface area (Å²) in [5.41, 5.74) is 0.235. The lowest BCUT2D eigenvalue weighted by molar-refractivity contribution is 0.235. The van der Waals surface area contributed by atoms with Crippen molar-refractivity contribution < 1.29 is 14.0 Å². The van der Waals surface area contributed by atoms with Crippen LogP contribution in [0.25, 0.3) is 33.4 Å². The summed E-state index contributed by atoms with van der Waals surface area (Å²) in [6.07, 6.45) is 3.64. The van der Waals surface area contributed by atoms with E-state index in [9.17, 15) is 14.4 Å². The van der Waals surface area contributed by atoms with Crippen LogP contribution in [0.3, 0.4) is 0 Å². The van der Waals surface area contributed by atoms with Crippen molar-refractivity contribution in [3.63, 3.8) is 0 Å². The maximum atomic E-state index is 14.0. The van der Waals surface area contributed by atoms with E-state index in [1.807, 2.05) is 79.7 Å². The molecule has 0 fully saturated rings. The lowest BCUT2D eigenvalue weighted by atomic mass is 10.0. The topological polar surface area (TPSA) is 160 Å². The highest BCUT2D eigenvalue weighted by atomic mass is 16.5. The number of benzene rings is 3. The first-order chi connectivity index (χ1) is 25.0. The molecular weight excluding hydrogens is 650 g/mol. The van der Waals surface area contributed by atoms with E-state index >= 15 is 0 Å². The summed E-state index contributed by atoms with van der Waals surface area (Å²) in [7, 11) is 0. The lowest BCUT2D eigenvalue weighted by Crippen LogP contribution is -2.42. The molecule has 7 aromatic rings. The molecule has 13 heteroatoms. The molecule has 13 nitrogen and oxygen atoms in total. The molecule has 0 saturated carbocycles. The summed E-state index contributed by atoms with van der Waals surface area (Å²) in [5.74, 6) is 1.60. The summed E-state index contributed by atoms with van der Waals surface area (Å²) in [4.78, 5) is 57.2. The second kappa shape index (κ2) is 15.0. The Morgan fingerprint density at radius 2 is 1.61 bits per heavy atom. The molecule has 0 spiro atoms. The molecule has 1 N–H and O–H groups in total. The fourth-order valence-corrected chi connectivity index (χ4v) is 5.94. The van der Waals surface area contributed by atoms with Crippen LogP contribution in [-0.4, -0.2) is 47.4 Å². The number of nitrogens with one attached hydrogen (secondary N) is 1. The number of aryl methyl sites for hydroxylation is 2. The molecule has 0 unspecified atom stereocenters. The highest BCUT2D eigenvalue weighted by molar-refractivity contribution is 5.85. The van der Waals surface area contributed by atoms with Crippen molar-refractivity contribution in [3.8, 4) is 23.3 Å². The van der Waals surface area contributed by atoms with Gasteiger partial charge in [0.15, 0.2) is 11.3 Å². The van der Waals surface area contributed by atoms with Crippen LogP contribution < -0.4 is 26.3 Å². The van der Waals surface area contributed by atoms with E-state index in [1.54, 1.807) is 18.3 Å². The van der Waals surface area contributed by atoms with E-state index in [4.69, 9.17) is 14.0 Å². The largest absolute Gasteiger partial charge is 0.493 e. The smallest absolute Gasteiger partial charge is 0.332 e. The van der Waals surface area contributed by atoms with Crippen LogP contribution in [0.1, 0.15) is 36.2 Å². The molecule has 0 aliphatic rings. The zero-order valence-electron chi connectivity index (χ0n) is 27.9. The monoisotopic (exact) mass is 685 g/mol. The van der Waals surface area contributed by atoms with E-state index in [0.717, 1.165) is 32.2 Å². The number of hydrogen-bond donors (Lipinski definition) is 1. The zero-order valence-corrected chi connectivity index (χ0v) is 27.9. The Balaban J connectivity index is 1.14. The zero-order chi connectivity index (χ0) is 35.2. The molecule has 3 aromatic carbocycles. The lowest BCUT2D eigenvalue weighted by Gasteiger charge is -2.15. The average molecular weight is 686 g/mol. The Morgan fingerprint density at radius 3 is 2.47 bits per heavy atom. The van der Waals surface area contributed by atoms with E-state index in [-0.39, 0.29) is 36.7 Å². The molecule has 0 saturated heterocycles. The number of hydrogen-bond acceptors (Lipinski definition) is 10. The van der Waals surface area contributed by atoms with Crippen LogP contribution in [0.15, 0.2) is 110 Å². The van der Waals surface area contributed by atoms with E-state index in [1.165, 1.54) is 4.57 Å². The second-order valence-electron chi connectivity index (χ2n) is 12.0. The van der Waals surface area contributed by atoms with Gasteiger partial charge in [0.2, 0.25) is 0 Å². The fraction of sp³-hybridized carbons (Fsp3) is 0.237. The number of nitrogens with zero attached hydrogens (tertiary/aromatic N) is 6. The average Bonchev–Trinajstić information content (AvgIpc) is 3.63. The third kappa shape index (κ3) is 7.32. The highest BCUT2D eigenvalue weighted by Gasteiger charge is 2.20. The van der Waals surface area contributed by atoms with Crippen LogP contribution >= 0.6 is 0 Å². The molecule has 0 radical (unpaired) electrons. The molecule has 7 rings (SSSR count). The van der Waals surface area contributed by atoms with Gasteiger partial charge < -0.3 is 14.0 Å². The summed E-state index contributed by atoms with van der Waals surface area (Å²) in [5, 5.41) is 5.96. The molecule has 0 aliphatic carbocycles. The van der Waals surface area contributed by atoms with Crippen LogP contribution in [0.4, 0.5) is 0 Å². The van der Waals surface area contributed by atoms with Gasteiger partial charge in [-0.3, -0.25) is 28.7 Å². The van der Waals surface area contributed by atoms with Gasteiger partial charge in [0.05, 0.1) is 19.8 Å². The second-order valence-corrected chi connectivity index (χ2v) is 12.0. The fourth-order valence-electron chi connectivity index (χ4n) is 5.94. The van der Waals surface area contributed by atoms with Gasteiger partial charge in [-0.05, 0) is 59.9 Å². The predicted octanol–water partition coefficient (Wildman–Crippen LogP) is 5.07. The third-order valence-electron chi connectivity index (χ3n) is 8.52. The van der Waals surface area contributed by atoms with Crippen molar-refractivity contribution in [2.45, 2.75) is 45.7 Å². The van der Waals surface area contributed by atoms with Gasteiger partial charge in [0, 0.05) is 25.6 Å². The number of ether oxygens (including phenoxy) is 2. The van der Waals surface area contributed by atoms with Gasteiger partial charge in [-0.25, -0.2) is 4.79 Å². The first-order valence-electron chi connectivity index (χ1n) is 16.8. The first-order valence-corrected chi connectivity index (χ1v) is 16.8. The summed E-state index contributed by atoms with van der Waals surface area (Å²) >= 11 is 0. The van der Waals surface area contributed by atoms with E-state index in [2.05, 4.69) is 25.1 Å². The summed E-state index contributed by atoms with van der Waals surface area (Å²) < 4.78 is 19.4. The minimum absolute atomic E-state index is 0.0529. The SMILES string of the molecule is Cc1ccccc1OCCCOc1nc2c(=O)n(CCCCc3noc(-c4ccccn4)n3)c(=O)n(Cc3cccc4ccccc34)c2c(=O)[nH]1. The third-order valence-corrected chi connectivity index (χ3v) is 8.52. The van der Waals surface area contributed by atoms with Gasteiger partial charge >= 0.3 is 5.69 Å². The number of fused-ring (bicyclic) bond motifs is 2. The van der Waals surface area contributed by atoms with Crippen LogP contribution in [0.2, 0.25) is 0 Å². The highest BCUT2D eigenvalue weighted by Crippen LogP contribution is 2.20. The summed E-state index contributed by atoms with van der Waals surface area (Å²) in [6.45, 7) is 2.68. The Labute approximate surface area is 291 Å².